The summed E-state index contributed by atoms with van der Waals surface area (Å²) in [6, 6.07) is 7.52. The van der Waals surface area contributed by atoms with E-state index in [0.717, 1.165) is 5.56 Å². The summed E-state index contributed by atoms with van der Waals surface area (Å²) in [5.74, 6) is -0.507. The van der Waals surface area contributed by atoms with E-state index in [1.807, 2.05) is 12.1 Å². The Morgan fingerprint density at radius 3 is 3.05 bits per heavy atom. The van der Waals surface area contributed by atoms with Crippen LogP contribution in [0.25, 0.3) is 0 Å². The van der Waals surface area contributed by atoms with Gasteiger partial charge < -0.3 is 5.32 Å². The topological polar surface area (TPSA) is 54.0 Å². The number of rotatable bonds is 3. The fraction of sp³-hybridized carbons (Fsp3) is 0.143. The van der Waals surface area contributed by atoms with Gasteiger partial charge in [0.15, 0.2) is 0 Å². The zero-order valence-electron chi connectivity index (χ0n) is 10.1. The molecule has 0 bridgehead atoms. The first-order valence-electron chi connectivity index (χ1n) is 5.96. The highest BCUT2D eigenvalue weighted by Gasteiger charge is 2.30. The van der Waals surface area contributed by atoms with Gasteiger partial charge in [-0.3, -0.25) is 15.1 Å². The van der Waals surface area contributed by atoms with Crippen LogP contribution in [-0.4, -0.2) is 10.9 Å². The smallest absolute Gasteiger partial charge is 0.246 e. The van der Waals surface area contributed by atoms with Gasteiger partial charge in [0, 0.05) is 30.2 Å². The molecule has 19 heavy (non-hydrogen) atoms. The predicted octanol–water partition coefficient (Wildman–Crippen LogP) is 2.00. The zero-order chi connectivity index (χ0) is 13.2. The van der Waals surface area contributed by atoms with Gasteiger partial charge in [0.25, 0.3) is 0 Å². The minimum atomic E-state index is -0.522. The number of hydrogen-bond donors (Lipinski definition) is 2. The summed E-state index contributed by atoms with van der Waals surface area (Å²) < 4.78 is 13.2. The first-order chi connectivity index (χ1) is 9.24. The number of fused-ring (bicyclic) bond motifs is 1. The Hall–Kier alpha value is -2.27. The van der Waals surface area contributed by atoms with E-state index in [9.17, 15) is 9.18 Å². The van der Waals surface area contributed by atoms with Crippen LogP contribution in [0.15, 0.2) is 42.7 Å². The molecule has 1 aliphatic rings. The molecule has 0 saturated carbocycles. The average Bonchev–Trinajstić information content (AvgIpc) is 2.73. The number of anilines is 1. The van der Waals surface area contributed by atoms with Crippen molar-refractivity contribution in [2.45, 2.75) is 12.6 Å². The number of benzene rings is 1. The van der Waals surface area contributed by atoms with Crippen LogP contribution in [0, 0.1) is 5.82 Å². The molecule has 1 unspecified atom stereocenters. The van der Waals surface area contributed by atoms with E-state index in [2.05, 4.69) is 15.6 Å². The number of pyridine rings is 1. The maximum atomic E-state index is 13.2. The Labute approximate surface area is 109 Å². The van der Waals surface area contributed by atoms with Crippen LogP contribution in [0.1, 0.15) is 17.2 Å². The zero-order valence-corrected chi connectivity index (χ0v) is 10.1. The minimum Gasteiger partial charge on any atom is -0.324 e. The first-order valence-corrected chi connectivity index (χ1v) is 5.96. The van der Waals surface area contributed by atoms with Crippen LogP contribution in [0.2, 0.25) is 0 Å². The fourth-order valence-corrected chi connectivity index (χ4v) is 2.16. The molecule has 0 fully saturated rings. The molecule has 0 spiro atoms. The van der Waals surface area contributed by atoms with E-state index in [1.54, 1.807) is 18.5 Å². The molecule has 1 aliphatic heterocycles. The average molecular weight is 257 g/mol. The van der Waals surface area contributed by atoms with E-state index >= 15 is 0 Å². The van der Waals surface area contributed by atoms with Crippen molar-refractivity contribution in [3.05, 3.63) is 59.7 Å². The highest BCUT2D eigenvalue weighted by atomic mass is 19.1. The number of halogens is 1. The second kappa shape index (κ2) is 4.78. The van der Waals surface area contributed by atoms with Gasteiger partial charge in [-0.15, -0.1) is 0 Å². The SMILES string of the molecule is O=C1Nc2ccc(F)cc2C1NCc1cccnc1. The molecule has 2 N–H and O–H groups in total. The highest BCUT2D eigenvalue weighted by Crippen LogP contribution is 2.31. The summed E-state index contributed by atoms with van der Waals surface area (Å²) in [6.07, 6.45) is 3.42. The molecule has 1 atom stereocenters. The van der Waals surface area contributed by atoms with Crippen molar-refractivity contribution in [3.63, 3.8) is 0 Å². The van der Waals surface area contributed by atoms with Crippen LogP contribution in [0.5, 0.6) is 0 Å². The third-order valence-corrected chi connectivity index (χ3v) is 3.08. The van der Waals surface area contributed by atoms with Gasteiger partial charge in [0.2, 0.25) is 5.91 Å². The lowest BCUT2D eigenvalue weighted by atomic mass is 10.1. The van der Waals surface area contributed by atoms with Crippen molar-refractivity contribution in [2.24, 2.45) is 0 Å². The Morgan fingerprint density at radius 1 is 1.37 bits per heavy atom. The maximum absolute atomic E-state index is 13.2. The van der Waals surface area contributed by atoms with E-state index in [-0.39, 0.29) is 11.7 Å². The monoisotopic (exact) mass is 257 g/mol. The minimum absolute atomic E-state index is 0.163. The molecule has 0 aliphatic carbocycles. The van der Waals surface area contributed by atoms with Gasteiger partial charge >= 0.3 is 0 Å². The van der Waals surface area contributed by atoms with Gasteiger partial charge in [-0.25, -0.2) is 4.39 Å². The lowest BCUT2D eigenvalue weighted by molar-refractivity contribution is -0.117. The second-order valence-corrected chi connectivity index (χ2v) is 4.40. The molecule has 5 heteroatoms. The van der Waals surface area contributed by atoms with Gasteiger partial charge in [-0.2, -0.15) is 0 Å². The maximum Gasteiger partial charge on any atom is 0.246 e. The number of aromatic nitrogens is 1. The van der Waals surface area contributed by atoms with Crippen molar-refractivity contribution in [1.82, 2.24) is 10.3 Å². The van der Waals surface area contributed by atoms with Gasteiger partial charge in [-0.05, 0) is 29.8 Å². The number of carbonyl (C=O) groups is 1. The molecule has 2 heterocycles. The van der Waals surface area contributed by atoms with E-state index in [4.69, 9.17) is 0 Å². The molecule has 0 radical (unpaired) electrons. The lowest BCUT2D eigenvalue weighted by Gasteiger charge is -2.11. The van der Waals surface area contributed by atoms with Crippen LogP contribution in [0.4, 0.5) is 10.1 Å². The molecule has 1 amide bonds. The number of nitrogens with one attached hydrogen (secondary N) is 2. The van der Waals surface area contributed by atoms with Crippen LogP contribution in [-0.2, 0) is 11.3 Å². The number of amides is 1. The fourth-order valence-electron chi connectivity index (χ4n) is 2.16. The largest absolute Gasteiger partial charge is 0.324 e. The van der Waals surface area contributed by atoms with Crippen molar-refractivity contribution in [3.8, 4) is 0 Å². The Balaban J connectivity index is 1.79. The Morgan fingerprint density at radius 2 is 2.26 bits per heavy atom. The summed E-state index contributed by atoms with van der Waals surface area (Å²) >= 11 is 0. The Kier molecular flexibility index (Phi) is 2.97. The predicted molar refractivity (Wildman–Crippen MR) is 68.8 cm³/mol. The molecule has 1 aromatic heterocycles. The molecule has 96 valence electrons. The molecule has 4 nitrogen and oxygen atoms in total. The van der Waals surface area contributed by atoms with E-state index in [0.29, 0.717) is 17.8 Å². The van der Waals surface area contributed by atoms with Crippen LogP contribution >= 0.6 is 0 Å². The molecule has 0 saturated heterocycles. The quantitative estimate of drug-likeness (QED) is 0.884. The summed E-state index contributed by atoms with van der Waals surface area (Å²) in [5.41, 5.74) is 2.28. The third kappa shape index (κ3) is 2.32. The van der Waals surface area contributed by atoms with Crippen LogP contribution < -0.4 is 10.6 Å². The van der Waals surface area contributed by atoms with Gasteiger partial charge in [0.1, 0.15) is 11.9 Å². The van der Waals surface area contributed by atoms with Crippen molar-refractivity contribution in [1.29, 1.82) is 0 Å². The standard InChI is InChI=1S/C14H12FN3O/c15-10-3-4-12-11(6-10)13(14(19)18-12)17-8-9-2-1-5-16-7-9/h1-7,13,17H,8H2,(H,18,19). The lowest BCUT2D eigenvalue weighted by Crippen LogP contribution is -2.27. The summed E-state index contributed by atoms with van der Waals surface area (Å²) in [6.45, 7) is 0.502. The first kappa shape index (κ1) is 11.8. The number of carbonyl (C=O) groups excluding carboxylic acids is 1. The summed E-state index contributed by atoms with van der Waals surface area (Å²) in [7, 11) is 0. The van der Waals surface area contributed by atoms with Crippen molar-refractivity contribution in [2.75, 3.05) is 5.32 Å². The normalized spacial score (nSPS) is 17.1. The van der Waals surface area contributed by atoms with E-state index in [1.165, 1.54) is 12.1 Å². The molecule has 3 rings (SSSR count). The molecular formula is C14H12FN3O. The Bertz CT molecular complexity index is 615. The number of hydrogen-bond acceptors (Lipinski definition) is 3. The molecule has 2 aromatic rings. The van der Waals surface area contributed by atoms with Gasteiger partial charge in [0.05, 0.1) is 0 Å². The second-order valence-electron chi connectivity index (χ2n) is 4.40. The molecular weight excluding hydrogens is 245 g/mol. The highest BCUT2D eigenvalue weighted by molar-refractivity contribution is 6.02. The summed E-state index contributed by atoms with van der Waals surface area (Å²) in [5, 5.41) is 5.84. The van der Waals surface area contributed by atoms with Crippen molar-refractivity contribution < 1.29 is 9.18 Å². The van der Waals surface area contributed by atoms with Crippen LogP contribution in [0.3, 0.4) is 0 Å². The molecule has 1 aromatic carbocycles. The summed E-state index contributed by atoms with van der Waals surface area (Å²) in [4.78, 5) is 15.9. The number of nitrogens with zero attached hydrogens (tertiary/aromatic N) is 1. The van der Waals surface area contributed by atoms with Gasteiger partial charge in [-0.1, -0.05) is 6.07 Å². The third-order valence-electron chi connectivity index (χ3n) is 3.08. The van der Waals surface area contributed by atoms with E-state index < -0.39 is 6.04 Å². The van der Waals surface area contributed by atoms with Crippen molar-refractivity contribution >= 4 is 11.6 Å².